The van der Waals surface area contributed by atoms with Crippen molar-refractivity contribution in [1.29, 1.82) is 0 Å². The molecule has 2 saturated heterocycles. The zero-order valence-corrected chi connectivity index (χ0v) is 13.8. The van der Waals surface area contributed by atoms with Crippen LogP contribution in [0.1, 0.15) is 19.3 Å². The summed E-state index contributed by atoms with van der Waals surface area (Å²) in [5.74, 6) is 2.38. The van der Waals surface area contributed by atoms with Crippen LogP contribution in [0.3, 0.4) is 0 Å². The summed E-state index contributed by atoms with van der Waals surface area (Å²) in [5, 5.41) is 4.36. The molecule has 1 aromatic carbocycles. The molecule has 0 radical (unpaired) electrons. The van der Waals surface area contributed by atoms with Gasteiger partial charge in [-0.15, -0.1) is 0 Å². The molecule has 1 aromatic rings. The molecule has 2 atom stereocenters. The predicted octanol–water partition coefficient (Wildman–Crippen LogP) is 4.57. The van der Waals surface area contributed by atoms with Gasteiger partial charge in [0.15, 0.2) is 0 Å². The Bertz CT molecular complexity index is 465. The maximum absolute atomic E-state index is 6.14. The molecule has 1 N–H and O–H groups in total. The average molecular weight is 363 g/mol. The van der Waals surface area contributed by atoms with Gasteiger partial charge in [0.1, 0.15) is 0 Å². The summed E-state index contributed by atoms with van der Waals surface area (Å²) in [7, 11) is 0. The third-order valence-electron chi connectivity index (χ3n) is 3.85. The number of rotatable bonds is 2. The lowest BCUT2D eigenvalue weighted by Crippen LogP contribution is -2.44. The number of halogens is 2. The van der Waals surface area contributed by atoms with Gasteiger partial charge in [-0.25, -0.2) is 0 Å². The van der Waals surface area contributed by atoms with E-state index in [-0.39, 0.29) is 5.60 Å². The topological polar surface area (TPSA) is 21.3 Å². The van der Waals surface area contributed by atoms with Crippen LogP contribution in [0.5, 0.6) is 0 Å². The zero-order valence-electron chi connectivity index (χ0n) is 10.6. The largest absolute Gasteiger partial charge is 0.382 e. The van der Waals surface area contributed by atoms with Gasteiger partial charge in [-0.3, -0.25) is 0 Å². The monoisotopic (exact) mass is 361 g/mol. The van der Waals surface area contributed by atoms with E-state index in [0.717, 1.165) is 40.4 Å². The molecule has 3 rings (SSSR count). The van der Waals surface area contributed by atoms with Crippen molar-refractivity contribution in [3.05, 3.63) is 27.7 Å². The van der Waals surface area contributed by atoms with Gasteiger partial charge in [-0.2, -0.15) is 11.8 Å². The van der Waals surface area contributed by atoms with Crippen molar-refractivity contribution in [2.24, 2.45) is 0 Å². The summed E-state index contributed by atoms with van der Waals surface area (Å²) in [4.78, 5) is 0. The second kappa shape index (κ2) is 5.84. The van der Waals surface area contributed by atoms with E-state index >= 15 is 0 Å². The van der Waals surface area contributed by atoms with E-state index in [1.165, 1.54) is 12.2 Å². The normalized spacial score (nSPS) is 30.7. The van der Waals surface area contributed by atoms with E-state index in [2.05, 4.69) is 27.3 Å². The molecule has 0 amide bonds. The maximum Gasteiger partial charge on any atom is 0.0799 e. The third kappa shape index (κ3) is 3.23. The number of hydrogen-bond acceptors (Lipinski definition) is 3. The molecule has 0 aromatic heterocycles. The lowest BCUT2D eigenvalue weighted by atomic mass is 9.90. The first-order valence-electron chi connectivity index (χ1n) is 6.60. The van der Waals surface area contributed by atoms with Gasteiger partial charge in [0, 0.05) is 28.6 Å². The van der Waals surface area contributed by atoms with E-state index in [1.807, 2.05) is 23.9 Å². The molecule has 1 spiro atoms. The summed E-state index contributed by atoms with van der Waals surface area (Å²) in [6, 6.07) is 6.54. The molecule has 2 fully saturated rings. The highest BCUT2D eigenvalue weighted by molar-refractivity contribution is 9.10. The van der Waals surface area contributed by atoms with Crippen LogP contribution < -0.4 is 5.32 Å². The number of benzene rings is 1. The molecule has 2 aliphatic heterocycles. The lowest BCUT2D eigenvalue weighted by molar-refractivity contribution is -0.0628. The Morgan fingerprint density at radius 1 is 1.47 bits per heavy atom. The fourth-order valence-corrected chi connectivity index (χ4v) is 4.64. The van der Waals surface area contributed by atoms with E-state index in [1.54, 1.807) is 0 Å². The van der Waals surface area contributed by atoms with Gasteiger partial charge in [-0.05, 0) is 59.1 Å². The minimum absolute atomic E-state index is 0.125. The summed E-state index contributed by atoms with van der Waals surface area (Å²) in [5.41, 5.74) is 1.22. The average Bonchev–Trinajstić information content (AvgIpc) is 2.82. The second-order valence-electron chi connectivity index (χ2n) is 5.30. The van der Waals surface area contributed by atoms with Gasteiger partial charge in [0.2, 0.25) is 0 Å². The molecule has 2 heterocycles. The minimum Gasteiger partial charge on any atom is -0.382 e. The van der Waals surface area contributed by atoms with Crippen LogP contribution >= 0.6 is 39.3 Å². The van der Waals surface area contributed by atoms with E-state index in [4.69, 9.17) is 16.3 Å². The molecule has 19 heavy (non-hydrogen) atoms. The van der Waals surface area contributed by atoms with Crippen LogP contribution in [0.15, 0.2) is 22.7 Å². The first kappa shape index (κ1) is 14.1. The quantitative estimate of drug-likeness (QED) is 0.832. The van der Waals surface area contributed by atoms with E-state index in [9.17, 15) is 0 Å². The second-order valence-corrected chi connectivity index (χ2v) is 7.66. The van der Waals surface area contributed by atoms with Gasteiger partial charge in [0.25, 0.3) is 0 Å². The lowest BCUT2D eigenvalue weighted by Gasteiger charge is -2.38. The Morgan fingerprint density at radius 3 is 3.11 bits per heavy atom. The number of nitrogens with one attached hydrogen (secondary N) is 1. The maximum atomic E-state index is 6.14. The molecular weight excluding hydrogens is 346 g/mol. The molecule has 2 nitrogen and oxygen atoms in total. The van der Waals surface area contributed by atoms with Gasteiger partial charge >= 0.3 is 0 Å². The van der Waals surface area contributed by atoms with Crippen molar-refractivity contribution in [2.45, 2.75) is 30.9 Å². The third-order valence-corrected chi connectivity index (χ3v) is 6.31. The van der Waals surface area contributed by atoms with Crippen LogP contribution in [0.4, 0.5) is 5.69 Å². The highest BCUT2D eigenvalue weighted by atomic mass is 79.9. The van der Waals surface area contributed by atoms with Crippen molar-refractivity contribution in [3.63, 3.8) is 0 Å². The van der Waals surface area contributed by atoms with Gasteiger partial charge in [0.05, 0.1) is 10.6 Å². The molecule has 0 aliphatic carbocycles. The van der Waals surface area contributed by atoms with Gasteiger partial charge < -0.3 is 10.1 Å². The number of thioether (sulfide) groups is 1. The fourth-order valence-electron chi connectivity index (χ4n) is 2.84. The number of ether oxygens (including phenoxy) is 1. The minimum atomic E-state index is 0.125. The summed E-state index contributed by atoms with van der Waals surface area (Å²) in [6.45, 7) is 0.864. The highest BCUT2D eigenvalue weighted by Gasteiger charge is 2.40. The Kier molecular flexibility index (Phi) is 4.32. The van der Waals surface area contributed by atoms with E-state index < -0.39 is 0 Å². The molecule has 5 heteroatoms. The predicted molar refractivity (Wildman–Crippen MR) is 86.4 cm³/mol. The summed E-state index contributed by atoms with van der Waals surface area (Å²) >= 11 is 11.6. The molecule has 0 saturated carbocycles. The Morgan fingerprint density at radius 2 is 2.37 bits per heavy atom. The Hall–Kier alpha value is 0.1000. The first-order chi connectivity index (χ1) is 9.17. The van der Waals surface area contributed by atoms with Crippen molar-refractivity contribution >= 4 is 45.0 Å². The van der Waals surface area contributed by atoms with Crippen molar-refractivity contribution < 1.29 is 4.74 Å². The van der Waals surface area contributed by atoms with Crippen molar-refractivity contribution in [1.82, 2.24) is 0 Å². The van der Waals surface area contributed by atoms with Crippen molar-refractivity contribution in [3.8, 4) is 0 Å². The Balaban J connectivity index is 1.67. The molecule has 2 unspecified atom stereocenters. The van der Waals surface area contributed by atoms with Gasteiger partial charge in [-0.1, -0.05) is 11.6 Å². The zero-order chi connectivity index (χ0) is 13.3. The summed E-state index contributed by atoms with van der Waals surface area (Å²) in [6.07, 6.45) is 3.37. The standard InChI is InChI=1S/C14H17BrClNOS/c15-12-2-1-10(7-13(12)16)17-11-3-5-18-14(8-11)4-6-19-9-14/h1-2,7,11,17H,3-6,8-9H2. The van der Waals surface area contributed by atoms with Crippen LogP contribution in [0.2, 0.25) is 5.02 Å². The van der Waals surface area contributed by atoms with Crippen LogP contribution in [0, 0.1) is 0 Å². The highest BCUT2D eigenvalue weighted by Crippen LogP contribution is 2.39. The number of hydrogen-bond donors (Lipinski definition) is 1. The summed E-state index contributed by atoms with van der Waals surface area (Å²) < 4.78 is 6.98. The SMILES string of the molecule is Clc1cc(NC2CCOC3(CCSC3)C2)ccc1Br. The molecule has 0 bridgehead atoms. The van der Waals surface area contributed by atoms with Crippen LogP contribution in [0.25, 0.3) is 0 Å². The Labute approximate surface area is 131 Å². The van der Waals surface area contributed by atoms with Crippen molar-refractivity contribution in [2.75, 3.05) is 23.4 Å². The van der Waals surface area contributed by atoms with Crippen LogP contribution in [-0.2, 0) is 4.74 Å². The number of anilines is 1. The molecule has 104 valence electrons. The molecule has 2 aliphatic rings. The van der Waals surface area contributed by atoms with E-state index in [0.29, 0.717) is 6.04 Å². The fraction of sp³-hybridized carbons (Fsp3) is 0.571. The van der Waals surface area contributed by atoms with Crippen LogP contribution in [-0.4, -0.2) is 29.8 Å². The smallest absolute Gasteiger partial charge is 0.0799 e. The first-order valence-corrected chi connectivity index (χ1v) is 8.93. The molecular formula is C14H17BrClNOS.